The van der Waals surface area contributed by atoms with E-state index < -0.39 is 59.5 Å². The summed E-state index contributed by atoms with van der Waals surface area (Å²) in [6.07, 6.45) is 14.4. The van der Waals surface area contributed by atoms with Crippen LogP contribution in [0, 0.1) is 17.3 Å². The Morgan fingerprint density at radius 2 is 1.60 bits per heavy atom. The van der Waals surface area contributed by atoms with E-state index in [0.29, 0.717) is 6.42 Å². The lowest BCUT2D eigenvalue weighted by Crippen LogP contribution is -2.62. The molecule has 13 heteroatoms. The number of likely N-dealkylation sites (tertiary alicyclic amines) is 1. The number of carbonyl (C=O) groups is 6. The second kappa shape index (κ2) is 14.9. The summed E-state index contributed by atoms with van der Waals surface area (Å²) < 4.78 is 0. The molecule has 47 heavy (non-hydrogen) atoms. The Hall–Kier alpha value is -3.90. The zero-order valence-corrected chi connectivity index (χ0v) is 27.8. The maximum Gasteiger partial charge on any atom is 0.289 e. The molecule has 0 spiro atoms. The Bertz CT molecular complexity index is 1340. The van der Waals surface area contributed by atoms with Crippen molar-refractivity contribution in [1.82, 2.24) is 36.1 Å². The predicted octanol–water partition coefficient (Wildman–Crippen LogP) is 1.81. The Labute approximate surface area is 276 Å². The molecule has 5 atom stereocenters. The highest BCUT2D eigenvalue weighted by atomic mass is 16.2. The average molecular weight is 652 g/mol. The molecule has 3 aliphatic carbocycles. The molecular weight excluding hydrogens is 602 g/mol. The normalized spacial score (nSPS) is 24.3. The van der Waals surface area contributed by atoms with Gasteiger partial charge in [-0.2, -0.15) is 0 Å². The predicted molar refractivity (Wildman–Crippen MR) is 171 cm³/mol. The van der Waals surface area contributed by atoms with E-state index in [1.165, 1.54) is 18.6 Å². The molecule has 0 bridgehead atoms. The lowest BCUT2D eigenvalue weighted by Gasteiger charge is -2.40. The van der Waals surface area contributed by atoms with Gasteiger partial charge in [0.25, 0.3) is 11.8 Å². The monoisotopic (exact) mass is 651 g/mol. The van der Waals surface area contributed by atoms with Gasteiger partial charge in [0.2, 0.25) is 23.5 Å². The molecule has 1 aromatic heterocycles. The Balaban J connectivity index is 1.34. The van der Waals surface area contributed by atoms with Gasteiger partial charge in [0.1, 0.15) is 23.8 Å². The number of nitrogens with zero attached hydrogens (tertiary/aromatic N) is 3. The highest BCUT2D eigenvalue weighted by Crippen LogP contribution is 2.41. The standard InChI is InChI=1S/C34H49N7O6/c1-34(2,3)28(40-32(46)27(20-9-5-4-6-10-20)39-29(43)23-18-35-15-16-36-23)33(47)41-24-12-8-7-11-21(24)17-25(41)30(44)37-19-26(42)31(45)38-22-13-14-22/h15-16,18,20-22,24-25,27-28H,4-14,17,19H2,1-3H3,(H,37,44)(H,38,45)(H,39,43)(H,40,46)/t21?,24?,25-,27?,28+/m0/s1. The van der Waals surface area contributed by atoms with Crippen LogP contribution in [-0.4, -0.2) is 86.9 Å². The summed E-state index contributed by atoms with van der Waals surface area (Å²) in [6, 6.07) is -2.85. The molecular formula is C34H49N7O6. The quantitative estimate of drug-likeness (QED) is 0.262. The minimum Gasteiger partial charge on any atom is -0.347 e. The van der Waals surface area contributed by atoms with Crippen molar-refractivity contribution in [2.45, 2.75) is 128 Å². The number of ketones is 1. The largest absolute Gasteiger partial charge is 0.347 e. The van der Waals surface area contributed by atoms with Crippen LogP contribution in [0.4, 0.5) is 0 Å². The number of nitrogens with one attached hydrogen (secondary N) is 4. The molecule has 1 aromatic rings. The van der Waals surface area contributed by atoms with Crippen molar-refractivity contribution in [2.24, 2.45) is 17.3 Å². The van der Waals surface area contributed by atoms with Gasteiger partial charge in [-0.15, -0.1) is 0 Å². The SMILES string of the molecule is CC(C)(C)[C@H](NC(=O)C(NC(=O)c1cnccn1)C1CCCCC1)C(=O)N1C2CCCCC2C[C@H]1C(=O)NCC(=O)C(=O)NC1CC1. The fourth-order valence-corrected chi connectivity index (χ4v) is 7.40. The van der Waals surface area contributed by atoms with Crippen LogP contribution < -0.4 is 21.3 Å². The summed E-state index contributed by atoms with van der Waals surface area (Å²) in [5.41, 5.74) is -0.633. The second-order valence-electron chi connectivity index (χ2n) is 14.7. The van der Waals surface area contributed by atoms with Crippen LogP contribution in [0.3, 0.4) is 0 Å². The van der Waals surface area contributed by atoms with Gasteiger partial charge < -0.3 is 26.2 Å². The molecule has 5 amide bonds. The smallest absolute Gasteiger partial charge is 0.289 e. The fourth-order valence-electron chi connectivity index (χ4n) is 7.40. The Morgan fingerprint density at radius 1 is 0.894 bits per heavy atom. The summed E-state index contributed by atoms with van der Waals surface area (Å²) in [7, 11) is 0. The topological polar surface area (TPSA) is 180 Å². The van der Waals surface area contributed by atoms with Crippen molar-refractivity contribution in [2.75, 3.05) is 6.54 Å². The van der Waals surface area contributed by atoms with Crippen molar-refractivity contribution < 1.29 is 28.8 Å². The van der Waals surface area contributed by atoms with E-state index >= 15 is 0 Å². The number of hydrogen-bond acceptors (Lipinski definition) is 8. The number of aromatic nitrogens is 2. The van der Waals surface area contributed by atoms with E-state index in [1.807, 2.05) is 20.8 Å². The van der Waals surface area contributed by atoms with Crippen LogP contribution in [0.25, 0.3) is 0 Å². The lowest BCUT2D eigenvalue weighted by atomic mass is 9.81. The summed E-state index contributed by atoms with van der Waals surface area (Å²) >= 11 is 0. The van der Waals surface area contributed by atoms with Crippen molar-refractivity contribution >= 4 is 35.3 Å². The summed E-state index contributed by atoms with van der Waals surface area (Å²) in [6.45, 7) is 5.15. The fraction of sp³-hybridized carbons (Fsp3) is 0.706. The highest BCUT2D eigenvalue weighted by Gasteiger charge is 2.51. The minimum atomic E-state index is -0.989. The molecule has 4 aliphatic rings. The van der Waals surface area contributed by atoms with Crippen molar-refractivity contribution in [1.29, 1.82) is 0 Å². The van der Waals surface area contributed by atoms with Gasteiger partial charge in [0.05, 0.1) is 12.7 Å². The summed E-state index contributed by atoms with van der Waals surface area (Å²) in [5.74, 6) is -3.22. The molecule has 5 rings (SSSR count). The molecule has 0 aromatic carbocycles. The average Bonchev–Trinajstić information content (AvgIpc) is 3.80. The van der Waals surface area contributed by atoms with Crippen molar-refractivity contribution in [3.63, 3.8) is 0 Å². The molecule has 13 nitrogen and oxygen atoms in total. The number of fused-ring (bicyclic) bond motifs is 1. The van der Waals surface area contributed by atoms with Crippen LogP contribution >= 0.6 is 0 Å². The van der Waals surface area contributed by atoms with Crippen LogP contribution in [0.5, 0.6) is 0 Å². The van der Waals surface area contributed by atoms with Crippen molar-refractivity contribution in [3.05, 3.63) is 24.3 Å². The van der Waals surface area contributed by atoms with Gasteiger partial charge in [-0.05, 0) is 62.2 Å². The van der Waals surface area contributed by atoms with Gasteiger partial charge in [0, 0.05) is 24.5 Å². The number of Topliss-reactive ketones (excluding diaryl/α,β-unsaturated/α-hetero) is 1. The van der Waals surface area contributed by atoms with E-state index in [4.69, 9.17) is 0 Å². The third kappa shape index (κ3) is 8.53. The third-order valence-electron chi connectivity index (χ3n) is 10.1. The number of rotatable bonds is 11. The number of hydrogen-bond donors (Lipinski definition) is 4. The zero-order valence-electron chi connectivity index (χ0n) is 27.8. The first-order chi connectivity index (χ1) is 22.4. The highest BCUT2D eigenvalue weighted by molar-refractivity contribution is 6.37. The minimum absolute atomic E-state index is 0.0239. The summed E-state index contributed by atoms with van der Waals surface area (Å²) in [5, 5.41) is 11.2. The summed E-state index contributed by atoms with van der Waals surface area (Å²) in [4.78, 5) is 89.8. The van der Waals surface area contributed by atoms with E-state index in [1.54, 1.807) is 4.90 Å². The van der Waals surface area contributed by atoms with Gasteiger partial charge in [-0.25, -0.2) is 4.98 Å². The third-order valence-corrected chi connectivity index (χ3v) is 10.1. The molecule has 256 valence electrons. The van der Waals surface area contributed by atoms with Crippen LogP contribution in [0.15, 0.2) is 18.6 Å². The number of amides is 5. The van der Waals surface area contributed by atoms with Crippen LogP contribution in [0.1, 0.15) is 108 Å². The first-order valence-corrected chi connectivity index (χ1v) is 17.2. The van der Waals surface area contributed by atoms with Crippen molar-refractivity contribution in [3.8, 4) is 0 Å². The molecule has 4 fully saturated rings. The molecule has 1 aliphatic heterocycles. The Kier molecular flexibility index (Phi) is 10.9. The van der Waals surface area contributed by atoms with Gasteiger partial charge in [-0.1, -0.05) is 52.9 Å². The molecule has 1 saturated heterocycles. The Morgan fingerprint density at radius 3 is 2.26 bits per heavy atom. The zero-order chi connectivity index (χ0) is 33.7. The molecule has 0 radical (unpaired) electrons. The van der Waals surface area contributed by atoms with Crippen LogP contribution in [-0.2, 0) is 24.0 Å². The lowest BCUT2D eigenvalue weighted by molar-refractivity contribution is -0.147. The number of carbonyl (C=O) groups excluding carboxylic acids is 6. The van der Waals surface area contributed by atoms with E-state index in [2.05, 4.69) is 31.2 Å². The van der Waals surface area contributed by atoms with E-state index in [-0.39, 0.29) is 35.5 Å². The maximum atomic E-state index is 14.6. The first-order valence-electron chi connectivity index (χ1n) is 17.2. The first kappa shape index (κ1) is 34.4. The molecule has 4 N–H and O–H groups in total. The van der Waals surface area contributed by atoms with Gasteiger partial charge in [0.15, 0.2) is 0 Å². The van der Waals surface area contributed by atoms with E-state index in [9.17, 15) is 28.8 Å². The van der Waals surface area contributed by atoms with Gasteiger partial charge in [-0.3, -0.25) is 33.8 Å². The molecule has 3 saturated carbocycles. The molecule has 2 heterocycles. The van der Waals surface area contributed by atoms with Gasteiger partial charge >= 0.3 is 0 Å². The molecule has 3 unspecified atom stereocenters. The van der Waals surface area contributed by atoms with E-state index in [0.717, 1.165) is 70.6 Å². The maximum absolute atomic E-state index is 14.6. The van der Waals surface area contributed by atoms with Crippen LogP contribution in [0.2, 0.25) is 0 Å². The second-order valence-corrected chi connectivity index (χ2v) is 14.7.